The van der Waals surface area contributed by atoms with Gasteiger partial charge in [0.25, 0.3) is 0 Å². The summed E-state index contributed by atoms with van der Waals surface area (Å²) in [6.45, 7) is 2.31. The highest BCUT2D eigenvalue weighted by Gasteiger charge is 2.30. The highest BCUT2D eigenvalue weighted by Crippen LogP contribution is 2.42. The van der Waals surface area contributed by atoms with Gasteiger partial charge in [-0.1, -0.05) is 51.9 Å². The van der Waals surface area contributed by atoms with Crippen LogP contribution in [0.4, 0.5) is 22.0 Å². The summed E-state index contributed by atoms with van der Waals surface area (Å²) >= 11 is 0. The molecule has 0 amide bonds. The first-order valence-corrected chi connectivity index (χ1v) is 12.5. The molecule has 0 aromatic heterocycles. The monoisotopic (exact) mass is 456 g/mol. The van der Waals surface area contributed by atoms with Crippen LogP contribution >= 0.6 is 0 Å². The SMILES string of the molecule is CCC1CCC(C2CCC(CCCCc3cc(F)c(C=CC(F)(F)F)c(F)c3)CC2)CC1. The van der Waals surface area contributed by atoms with Crippen LogP contribution in [0.15, 0.2) is 18.2 Å². The van der Waals surface area contributed by atoms with Crippen LogP contribution in [0.5, 0.6) is 0 Å². The predicted octanol–water partition coefficient (Wildman–Crippen LogP) is 9.28. The van der Waals surface area contributed by atoms with Crippen molar-refractivity contribution in [3.8, 4) is 0 Å². The Morgan fingerprint density at radius 2 is 1.34 bits per heavy atom. The molecule has 0 spiro atoms. The summed E-state index contributed by atoms with van der Waals surface area (Å²) < 4.78 is 64.9. The Balaban J connectivity index is 1.37. The van der Waals surface area contributed by atoms with E-state index in [2.05, 4.69) is 6.92 Å². The number of benzene rings is 1. The summed E-state index contributed by atoms with van der Waals surface area (Å²) in [6, 6.07) is 2.33. The van der Waals surface area contributed by atoms with E-state index in [1.54, 1.807) is 0 Å². The van der Waals surface area contributed by atoms with Gasteiger partial charge in [-0.2, -0.15) is 13.2 Å². The molecule has 0 nitrogen and oxygen atoms in total. The van der Waals surface area contributed by atoms with Gasteiger partial charge in [-0.05, 0) is 86.0 Å². The molecule has 1 aromatic rings. The van der Waals surface area contributed by atoms with Crippen molar-refractivity contribution in [3.63, 3.8) is 0 Å². The van der Waals surface area contributed by atoms with Crippen LogP contribution in [0.2, 0.25) is 0 Å². The summed E-state index contributed by atoms with van der Waals surface area (Å²) in [5, 5.41) is 0. The van der Waals surface area contributed by atoms with E-state index in [1.807, 2.05) is 0 Å². The molecule has 3 rings (SSSR count). The molecule has 2 aliphatic carbocycles. The fraction of sp³-hybridized carbons (Fsp3) is 0.704. The lowest BCUT2D eigenvalue weighted by Gasteiger charge is -2.37. The van der Waals surface area contributed by atoms with Crippen molar-refractivity contribution in [2.45, 2.75) is 96.6 Å². The summed E-state index contributed by atoms with van der Waals surface area (Å²) in [6.07, 6.45) is 11.6. The van der Waals surface area contributed by atoms with Gasteiger partial charge in [-0.25, -0.2) is 8.78 Å². The number of aryl methyl sites for hydroxylation is 1. The Bertz CT molecular complexity index is 712. The Morgan fingerprint density at radius 3 is 1.84 bits per heavy atom. The van der Waals surface area contributed by atoms with Crippen LogP contribution in [-0.2, 0) is 6.42 Å². The fourth-order valence-corrected chi connectivity index (χ4v) is 5.90. The van der Waals surface area contributed by atoms with E-state index in [1.165, 1.54) is 57.8 Å². The molecule has 0 bridgehead atoms. The van der Waals surface area contributed by atoms with Crippen molar-refractivity contribution < 1.29 is 22.0 Å². The number of rotatable bonds is 8. The zero-order valence-corrected chi connectivity index (χ0v) is 19.2. The van der Waals surface area contributed by atoms with Crippen molar-refractivity contribution in [3.05, 3.63) is 41.0 Å². The van der Waals surface area contributed by atoms with Crippen molar-refractivity contribution in [1.82, 2.24) is 0 Å². The average Bonchev–Trinajstić information content (AvgIpc) is 2.76. The maximum absolute atomic E-state index is 14.1. The number of alkyl halides is 3. The maximum atomic E-state index is 14.1. The number of allylic oxidation sites excluding steroid dienone is 1. The summed E-state index contributed by atoms with van der Waals surface area (Å²) in [5.41, 5.74) is -0.124. The van der Waals surface area contributed by atoms with Gasteiger partial charge in [0, 0.05) is 11.6 Å². The molecule has 2 aliphatic rings. The van der Waals surface area contributed by atoms with Crippen molar-refractivity contribution >= 4 is 6.08 Å². The molecule has 32 heavy (non-hydrogen) atoms. The highest BCUT2D eigenvalue weighted by atomic mass is 19.4. The molecule has 2 fully saturated rings. The van der Waals surface area contributed by atoms with Gasteiger partial charge >= 0.3 is 6.18 Å². The first-order chi connectivity index (χ1) is 15.2. The molecule has 0 aliphatic heterocycles. The number of hydrogen-bond acceptors (Lipinski definition) is 0. The molecule has 0 unspecified atom stereocenters. The molecular formula is C27H37F5. The van der Waals surface area contributed by atoms with E-state index in [9.17, 15) is 22.0 Å². The highest BCUT2D eigenvalue weighted by molar-refractivity contribution is 5.52. The lowest BCUT2D eigenvalue weighted by molar-refractivity contribution is -0.0790. The molecule has 0 saturated heterocycles. The minimum absolute atomic E-state index is 0.140. The van der Waals surface area contributed by atoms with Crippen LogP contribution in [0, 0.1) is 35.3 Å². The van der Waals surface area contributed by atoms with E-state index in [-0.39, 0.29) is 6.08 Å². The Labute approximate surface area is 189 Å². The van der Waals surface area contributed by atoms with Crippen LogP contribution < -0.4 is 0 Å². The van der Waals surface area contributed by atoms with Crippen LogP contribution in [-0.4, -0.2) is 6.18 Å². The molecular weight excluding hydrogens is 419 g/mol. The third kappa shape index (κ3) is 7.59. The smallest absolute Gasteiger partial charge is 0.206 e. The van der Waals surface area contributed by atoms with Gasteiger partial charge in [0.2, 0.25) is 0 Å². The molecule has 2 saturated carbocycles. The lowest BCUT2D eigenvalue weighted by atomic mass is 9.68. The molecule has 1 aromatic carbocycles. The third-order valence-corrected chi connectivity index (χ3v) is 7.93. The van der Waals surface area contributed by atoms with Crippen molar-refractivity contribution in [1.29, 1.82) is 0 Å². The molecule has 0 N–H and O–H groups in total. The first kappa shape index (κ1) is 25.2. The maximum Gasteiger partial charge on any atom is 0.409 e. The summed E-state index contributed by atoms with van der Waals surface area (Å²) in [5.74, 6) is 1.70. The normalized spacial score (nSPS) is 27.2. The second-order valence-corrected chi connectivity index (χ2v) is 10.1. The molecule has 0 heterocycles. The number of hydrogen-bond donors (Lipinski definition) is 0. The second kappa shape index (κ2) is 11.7. The largest absolute Gasteiger partial charge is 0.409 e. The number of halogens is 5. The van der Waals surface area contributed by atoms with Gasteiger partial charge < -0.3 is 0 Å². The topological polar surface area (TPSA) is 0 Å². The molecule has 180 valence electrons. The molecule has 0 atom stereocenters. The van der Waals surface area contributed by atoms with Gasteiger partial charge in [0.05, 0.1) is 0 Å². The van der Waals surface area contributed by atoms with Crippen LogP contribution in [0.1, 0.15) is 95.1 Å². The Kier molecular flexibility index (Phi) is 9.19. The lowest BCUT2D eigenvalue weighted by Crippen LogP contribution is -2.25. The Hall–Kier alpha value is -1.39. The quantitative estimate of drug-likeness (QED) is 0.270. The van der Waals surface area contributed by atoms with Gasteiger partial charge in [-0.15, -0.1) is 0 Å². The molecule has 0 radical (unpaired) electrons. The Morgan fingerprint density at radius 1 is 0.812 bits per heavy atom. The minimum Gasteiger partial charge on any atom is -0.206 e. The second-order valence-electron chi connectivity index (χ2n) is 10.1. The third-order valence-electron chi connectivity index (χ3n) is 7.93. The standard InChI is InChI=1S/C27H37F5/c1-2-19-7-11-22(12-8-19)23-13-9-20(10-14-23)5-3-4-6-21-17-25(28)24(26(29)18-21)15-16-27(30,31)32/h15-20,22-23H,2-14H2,1H3. The van der Waals surface area contributed by atoms with E-state index < -0.39 is 23.4 Å². The van der Waals surface area contributed by atoms with Crippen molar-refractivity contribution in [2.75, 3.05) is 0 Å². The van der Waals surface area contributed by atoms with E-state index >= 15 is 0 Å². The zero-order chi connectivity index (χ0) is 23.1. The molecule has 5 heteroatoms. The van der Waals surface area contributed by atoms with Gasteiger partial charge in [-0.3, -0.25) is 0 Å². The van der Waals surface area contributed by atoms with E-state index in [0.717, 1.165) is 55.1 Å². The van der Waals surface area contributed by atoms with Crippen LogP contribution in [0.3, 0.4) is 0 Å². The van der Waals surface area contributed by atoms with Crippen molar-refractivity contribution in [2.24, 2.45) is 23.7 Å². The minimum atomic E-state index is -4.59. The predicted molar refractivity (Wildman–Crippen MR) is 120 cm³/mol. The zero-order valence-electron chi connectivity index (χ0n) is 19.2. The van der Waals surface area contributed by atoms with Crippen LogP contribution in [0.25, 0.3) is 6.08 Å². The summed E-state index contributed by atoms with van der Waals surface area (Å²) in [7, 11) is 0. The fourth-order valence-electron chi connectivity index (χ4n) is 5.90. The van der Waals surface area contributed by atoms with Gasteiger partial charge in [0.1, 0.15) is 11.6 Å². The summed E-state index contributed by atoms with van der Waals surface area (Å²) in [4.78, 5) is 0. The number of unbranched alkanes of at least 4 members (excludes halogenated alkanes) is 1. The van der Waals surface area contributed by atoms with E-state index in [0.29, 0.717) is 18.1 Å². The first-order valence-electron chi connectivity index (χ1n) is 12.5. The average molecular weight is 457 g/mol. The van der Waals surface area contributed by atoms with Gasteiger partial charge in [0.15, 0.2) is 0 Å². The van der Waals surface area contributed by atoms with E-state index in [4.69, 9.17) is 0 Å².